The van der Waals surface area contributed by atoms with E-state index in [1.165, 1.54) is 18.3 Å². The number of nitrogens with zero attached hydrogens (tertiary/aromatic N) is 6. The molecule has 3 aromatic heterocycles. The maximum atomic E-state index is 12.0. The van der Waals surface area contributed by atoms with Gasteiger partial charge in [-0.1, -0.05) is 0 Å². The summed E-state index contributed by atoms with van der Waals surface area (Å²) in [6.45, 7) is 0.235. The van der Waals surface area contributed by atoms with E-state index in [2.05, 4.69) is 25.7 Å². The third-order valence-corrected chi connectivity index (χ3v) is 4.63. The van der Waals surface area contributed by atoms with Crippen LogP contribution in [0, 0.1) is 0 Å². The van der Waals surface area contributed by atoms with Crippen molar-refractivity contribution in [1.29, 1.82) is 0 Å². The zero-order chi connectivity index (χ0) is 23.2. The minimum atomic E-state index is -0.350. The van der Waals surface area contributed by atoms with Gasteiger partial charge in [-0.05, 0) is 30.3 Å². The second-order valence-electron chi connectivity index (χ2n) is 6.75. The second kappa shape index (κ2) is 9.77. The van der Waals surface area contributed by atoms with Crippen LogP contribution in [0.15, 0.2) is 53.5 Å². The molecule has 33 heavy (non-hydrogen) atoms. The SMILES string of the molecule is COc1ccc(-c2nnc3ccc(OCCNC(=O)Cn4ncccc4=O)nn23)cc1OC. The molecule has 0 radical (unpaired) electrons. The number of aromatic nitrogens is 6. The van der Waals surface area contributed by atoms with Gasteiger partial charge in [0.15, 0.2) is 23.0 Å². The number of fused-ring (bicyclic) bond motifs is 1. The molecule has 0 aliphatic carbocycles. The fraction of sp³-hybridized carbons (Fsp3) is 0.238. The van der Waals surface area contributed by atoms with Gasteiger partial charge in [0.05, 0.1) is 20.8 Å². The first kappa shape index (κ1) is 21.7. The maximum Gasteiger partial charge on any atom is 0.267 e. The molecule has 3 heterocycles. The van der Waals surface area contributed by atoms with E-state index >= 15 is 0 Å². The van der Waals surface area contributed by atoms with Crippen LogP contribution in [0.4, 0.5) is 0 Å². The lowest BCUT2D eigenvalue weighted by Gasteiger charge is -2.09. The van der Waals surface area contributed by atoms with E-state index in [1.807, 2.05) is 6.07 Å². The molecule has 12 heteroatoms. The van der Waals surface area contributed by atoms with Crippen LogP contribution in [0.25, 0.3) is 17.0 Å². The monoisotopic (exact) mass is 451 g/mol. The number of hydrogen-bond acceptors (Lipinski definition) is 9. The summed E-state index contributed by atoms with van der Waals surface area (Å²) >= 11 is 0. The van der Waals surface area contributed by atoms with E-state index in [-0.39, 0.29) is 31.2 Å². The largest absolute Gasteiger partial charge is 0.493 e. The Morgan fingerprint density at radius 3 is 2.70 bits per heavy atom. The molecule has 1 amide bonds. The Bertz CT molecular complexity index is 1330. The van der Waals surface area contributed by atoms with Crippen LogP contribution in [-0.2, 0) is 11.3 Å². The molecule has 170 valence electrons. The quantitative estimate of drug-likeness (QED) is 0.362. The second-order valence-corrected chi connectivity index (χ2v) is 6.75. The summed E-state index contributed by atoms with van der Waals surface area (Å²) in [5.74, 6) is 1.65. The lowest BCUT2D eigenvalue weighted by atomic mass is 10.2. The van der Waals surface area contributed by atoms with Gasteiger partial charge in [0.1, 0.15) is 13.2 Å². The molecule has 0 unspecified atom stereocenters. The number of benzene rings is 1. The van der Waals surface area contributed by atoms with Crippen LogP contribution in [0.2, 0.25) is 0 Å². The van der Waals surface area contributed by atoms with Gasteiger partial charge in [-0.25, -0.2) is 4.68 Å². The van der Waals surface area contributed by atoms with E-state index in [1.54, 1.807) is 43.0 Å². The van der Waals surface area contributed by atoms with Gasteiger partial charge in [-0.2, -0.15) is 9.61 Å². The van der Waals surface area contributed by atoms with E-state index in [4.69, 9.17) is 14.2 Å². The highest BCUT2D eigenvalue weighted by Gasteiger charge is 2.14. The molecule has 4 aromatic rings. The Hall–Kier alpha value is -4.48. The molecule has 0 spiro atoms. The first-order chi connectivity index (χ1) is 16.1. The summed E-state index contributed by atoms with van der Waals surface area (Å²) in [5.41, 5.74) is 0.934. The lowest BCUT2D eigenvalue weighted by molar-refractivity contribution is -0.122. The van der Waals surface area contributed by atoms with Crippen molar-refractivity contribution in [2.75, 3.05) is 27.4 Å². The number of carbonyl (C=O) groups is 1. The normalized spacial score (nSPS) is 10.7. The number of nitrogens with one attached hydrogen (secondary N) is 1. The molecule has 0 saturated carbocycles. The summed E-state index contributed by atoms with van der Waals surface area (Å²) in [5, 5.41) is 19.3. The number of ether oxygens (including phenoxy) is 3. The predicted octanol–water partition coefficient (Wildman–Crippen LogP) is 0.560. The highest BCUT2D eigenvalue weighted by molar-refractivity contribution is 5.75. The van der Waals surface area contributed by atoms with Gasteiger partial charge in [0.2, 0.25) is 11.8 Å². The molecule has 0 bridgehead atoms. The average molecular weight is 451 g/mol. The first-order valence-electron chi connectivity index (χ1n) is 9.95. The average Bonchev–Trinajstić information content (AvgIpc) is 3.26. The number of hydrogen-bond donors (Lipinski definition) is 1. The first-order valence-corrected chi connectivity index (χ1v) is 9.95. The van der Waals surface area contributed by atoms with Crippen LogP contribution in [0.3, 0.4) is 0 Å². The number of rotatable bonds is 9. The molecular formula is C21H21N7O5. The van der Waals surface area contributed by atoms with Gasteiger partial charge >= 0.3 is 0 Å². The Morgan fingerprint density at radius 2 is 1.91 bits per heavy atom. The van der Waals surface area contributed by atoms with Crippen LogP contribution >= 0.6 is 0 Å². The molecule has 0 saturated heterocycles. The van der Waals surface area contributed by atoms with Gasteiger partial charge in [0, 0.05) is 23.9 Å². The topological polar surface area (TPSA) is 135 Å². The van der Waals surface area contributed by atoms with E-state index in [9.17, 15) is 9.59 Å². The van der Waals surface area contributed by atoms with Crippen molar-refractivity contribution in [1.82, 2.24) is 34.9 Å². The Morgan fingerprint density at radius 1 is 1.06 bits per heavy atom. The molecule has 0 aliphatic heterocycles. The van der Waals surface area contributed by atoms with Crippen molar-refractivity contribution in [3.8, 4) is 28.8 Å². The highest BCUT2D eigenvalue weighted by atomic mass is 16.5. The Balaban J connectivity index is 1.40. The van der Waals surface area contributed by atoms with Crippen molar-refractivity contribution in [2.24, 2.45) is 0 Å². The zero-order valence-corrected chi connectivity index (χ0v) is 18.0. The van der Waals surface area contributed by atoms with Crippen molar-refractivity contribution in [3.63, 3.8) is 0 Å². The van der Waals surface area contributed by atoms with Crippen molar-refractivity contribution in [2.45, 2.75) is 6.54 Å². The maximum absolute atomic E-state index is 12.0. The molecule has 0 fully saturated rings. The van der Waals surface area contributed by atoms with E-state index in [0.717, 1.165) is 10.2 Å². The van der Waals surface area contributed by atoms with Crippen molar-refractivity contribution >= 4 is 11.6 Å². The minimum Gasteiger partial charge on any atom is -0.493 e. The third kappa shape index (κ3) is 4.89. The van der Waals surface area contributed by atoms with Crippen molar-refractivity contribution in [3.05, 3.63) is 59.0 Å². The third-order valence-electron chi connectivity index (χ3n) is 4.63. The molecule has 1 N–H and O–H groups in total. The van der Waals surface area contributed by atoms with Gasteiger partial charge in [0.25, 0.3) is 5.56 Å². The van der Waals surface area contributed by atoms with Crippen LogP contribution < -0.4 is 25.1 Å². The fourth-order valence-corrected chi connectivity index (χ4v) is 3.05. The molecular weight excluding hydrogens is 430 g/mol. The van der Waals surface area contributed by atoms with E-state index in [0.29, 0.717) is 28.9 Å². The highest BCUT2D eigenvalue weighted by Crippen LogP contribution is 2.31. The standard InChI is InChI=1S/C21H21N7O5/c1-31-15-6-5-14(12-16(15)32-2)21-25-24-17-7-8-19(26-28(17)21)33-11-10-22-18(29)13-27-20(30)4-3-9-23-27/h3-9,12H,10-11,13H2,1-2H3,(H,22,29). The van der Waals surface area contributed by atoms with Gasteiger partial charge in [-0.3, -0.25) is 9.59 Å². The minimum absolute atomic E-state index is 0.167. The van der Waals surface area contributed by atoms with Gasteiger partial charge in [-0.15, -0.1) is 15.3 Å². The zero-order valence-electron chi connectivity index (χ0n) is 18.0. The van der Waals surface area contributed by atoms with E-state index < -0.39 is 0 Å². The summed E-state index contributed by atoms with van der Waals surface area (Å²) in [6.07, 6.45) is 1.45. The number of amides is 1. The van der Waals surface area contributed by atoms with Crippen molar-refractivity contribution < 1.29 is 19.0 Å². The fourth-order valence-electron chi connectivity index (χ4n) is 3.05. The smallest absolute Gasteiger partial charge is 0.267 e. The molecule has 4 rings (SSSR count). The Labute approximate surface area is 187 Å². The van der Waals surface area contributed by atoms with Crippen LogP contribution in [0.5, 0.6) is 17.4 Å². The Kier molecular flexibility index (Phi) is 6.43. The number of carbonyl (C=O) groups excluding carboxylic acids is 1. The molecule has 0 aliphatic rings. The number of methoxy groups -OCH3 is 2. The summed E-state index contributed by atoms with van der Waals surface area (Å²) < 4.78 is 18.9. The predicted molar refractivity (Wildman–Crippen MR) is 116 cm³/mol. The molecule has 0 atom stereocenters. The summed E-state index contributed by atoms with van der Waals surface area (Å²) in [6, 6.07) is 11.6. The molecule has 12 nitrogen and oxygen atoms in total. The summed E-state index contributed by atoms with van der Waals surface area (Å²) in [4.78, 5) is 23.6. The summed E-state index contributed by atoms with van der Waals surface area (Å²) in [7, 11) is 3.12. The molecule has 1 aromatic carbocycles. The van der Waals surface area contributed by atoms with Crippen LogP contribution in [-0.4, -0.2) is 62.9 Å². The lowest BCUT2D eigenvalue weighted by Crippen LogP contribution is -2.35. The van der Waals surface area contributed by atoms with Crippen LogP contribution in [0.1, 0.15) is 0 Å². The van der Waals surface area contributed by atoms with Gasteiger partial charge < -0.3 is 19.5 Å².